The molecule has 2 rings (SSSR count). The molecule has 1 aliphatic heterocycles. The first kappa shape index (κ1) is 11.4. The van der Waals surface area contributed by atoms with E-state index in [4.69, 9.17) is 4.74 Å². The van der Waals surface area contributed by atoms with Crippen LogP contribution in [0.5, 0.6) is 0 Å². The molecule has 0 amide bonds. The monoisotopic (exact) mass is 211 g/mol. The Bertz CT molecular complexity index is 189. The molecule has 1 aliphatic carbocycles. The van der Waals surface area contributed by atoms with Crippen LogP contribution < -0.4 is 5.32 Å². The predicted molar refractivity (Wildman–Crippen MR) is 62.9 cm³/mol. The molecule has 2 fully saturated rings. The van der Waals surface area contributed by atoms with Gasteiger partial charge in [0, 0.05) is 13.2 Å². The maximum atomic E-state index is 5.43. The lowest BCUT2D eigenvalue weighted by molar-refractivity contribution is -0.0581. The van der Waals surface area contributed by atoms with E-state index in [9.17, 15) is 0 Å². The minimum absolute atomic E-state index is 0.697. The Hall–Kier alpha value is -0.0800. The van der Waals surface area contributed by atoms with E-state index >= 15 is 0 Å². The summed E-state index contributed by atoms with van der Waals surface area (Å²) in [6.07, 6.45) is 5.52. The molecule has 0 aromatic rings. The van der Waals surface area contributed by atoms with Crippen molar-refractivity contribution in [2.45, 2.75) is 39.5 Å². The van der Waals surface area contributed by atoms with Crippen LogP contribution in [-0.4, -0.2) is 26.3 Å². The van der Waals surface area contributed by atoms with Gasteiger partial charge in [-0.1, -0.05) is 13.8 Å². The van der Waals surface area contributed by atoms with Crippen molar-refractivity contribution in [3.63, 3.8) is 0 Å². The lowest BCUT2D eigenvalue weighted by atomic mass is 9.58. The van der Waals surface area contributed by atoms with Crippen LogP contribution in [0, 0.1) is 17.3 Å². The average molecular weight is 211 g/mol. The molecule has 2 heteroatoms. The van der Waals surface area contributed by atoms with E-state index < -0.39 is 0 Å². The maximum absolute atomic E-state index is 5.43. The van der Waals surface area contributed by atoms with Gasteiger partial charge in [0.15, 0.2) is 0 Å². The van der Waals surface area contributed by atoms with E-state index in [1.54, 1.807) is 0 Å². The maximum Gasteiger partial charge on any atom is 0.0471 e. The van der Waals surface area contributed by atoms with Gasteiger partial charge in [0.2, 0.25) is 0 Å². The fourth-order valence-electron chi connectivity index (χ4n) is 3.10. The summed E-state index contributed by atoms with van der Waals surface area (Å²) in [6, 6.07) is 0. The summed E-state index contributed by atoms with van der Waals surface area (Å²) in [7, 11) is 0. The normalized spacial score (nSPS) is 25.8. The summed E-state index contributed by atoms with van der Waals surface area (Å²) >= 11 is 0. The van der Waals surface area contributed by atoms with Gasteiger partial charge in [0.25, 0.3) is 0 Å². The zero-order chi connectivity index (χ0) is 10.7. The Morgan fingerprint density at radius 2 is 1.93 bits per heavy atom. The molecule has 88 valence electrons. The highest BCUT2D eigenvalue weighted by molar-refractivity contribution is 4.95. The molecule has 0 aromatic carbocycles. The molecule has 1 spiro atoms. The molecule has 1 heterocycles. The second-order valence-corrected chi connectivity index (χ2v) is 5.94. The second kappa shape index (κ2) is 4.84. The molecule has 0 atom stereocenters. The minimum Gasteiger partial charge on any atom is -0.381 e. The molecular weight excluding hydrogens is 186 g/mol. The minimum atomic E-state index is 0.697. The average Bonchev–Trinajstić information content (AvgIpc) is 2.16. The quantitative estimate of drug-likeness (QED) is 0.771. The summed E-state index contributed by atoms with van der Waals surface area (Å²) in [5, 5.41) is 3.58. The Morgan fingerprint density at radius 3 is 2.53 bits per heavy atom. The molecule has 2 nitrogen and oxygen atoms in total. The van der Waals surface area contributed by atoms with Crippen LogP contribution in [0.2, 0.25) is 0 Å². The van der Waals surface area contributed by atoms with Gasteiger partial charge in [0.05, 0.1) is 0 Å². The summed E-state index contributed by atoms with van der Waals surface area (Å²) in [6.45, 7) is 8.97. The Morgan fingerprint density at radius 1 is 1.27 bits per heavy atom. The molecule has 0 aromatic heterocycles. The third-order valence-electron chi connectivity index (χ3n) is 3.98. The smallest absolute Gasteiger partial charge is 0.0471 e. The molecule has 1 N–H and O–H groups in total. The van der Waals surface area contributed by atoms with Crippen molar-refractivity contribution in [2.75, 3.05) is 26.3 Å². The van der Waals surface area contributed by atoms with Gasteiger partial charge < -0.3 is 10.1 Å². The number of hydrogen-bond donors (Lipinski definition) is 1. The van der Waals surface area contributed by atoms with Gasteiger partial charge in [-0.25, -0.2) is 0 Å². The van der Waals surface area contributed by atoms with Gasteiger partial charge >= 0.3 is 0 Å². The van der Waals surface area contributed by atoms with Gasteiger partial charge in [-0.3, -0.25) is 0 Å². The highest BCUT2D eigenvalue weighted by Gasteiger charge is 2.44. The van der Waals surface area contributed by atoms with E-state index in [0.29, 0.717) is 5.41 Å². The van der Waals surface area contributed by atoms with Crippen molar-refractivity contribution in [3.8, 4) is 0 Å². The molecule has 0 radical (unpaired) electrons. The van der Waals surface area contributed by atoms with Crippen LogP contribution >= 0.6 is 0 Å². The van der Waals surface area contributed by atoms with Crippen LogP contribution in [0.4, 0.5) is 0 Å². The molecular formula is C13H25NO. The van der Waals surface area contributed by atoms with E-state index in [1.165, 1.54) is 38.8 Å². The van der Waals surface area contributed by atoms with Crippen molar-refractivity contribution in [1.29, 1.82) is 0 Å². The summed E-state index contributed by atoms with van der Waals surface area (Å²) in [5.41, 5.74) is 0.697. The van der Waals surface area contributed by atoms with E-state index in [2.05, 4.69) is 19.2 Å². The summed E-state index contributed by atoms with van der Waals surface area (Å²) < 4.78 is 5.43. The van der Waals surface area contributed by atoms with Crippen molar-refractivity contribution in [3.05, 3.63) is 0 Å². The highest BCUT2D eigenvalue weighted by atomic mass is 16.5. The topological polar surface area (TPSA) is 21.3 Å². The number of hydrogen-bond acceptors (Lipinski definition) is 2. The van der Waals surface area contributed by atoms with Crippen LogP contribution in [0.15, 0.2) is 0 Å². The van der Waals surface area contributed by atoms with E-state index in [1.807, 2.05) is 0 Å². The Balaban J connectivity index is 1.60. The van der Waals surface area contributed by atoms with Crippen molar-refractivity contribution in [1.82, 2.24) is 5.32 Å². The number of ether oxygens (including phenoxy) is 1. The largest absolute Gasteiger partial charge is 0.381 e. The van der Waals surface area contributed by atoms with Crippen LogP contribution in [0.25, 0.3) is 0 Å². The Labute approximate surface area is 93.8 Å². The standard InChI is InChI=1S/C13H25NO/c1-11(2)9-14-10-12-7-13(8-12)3-5-15-6-4-13/h11-12,14H,3-10H2,1-2H3. The van der Waals surface area contributed by atoms with Gasteiger partial charge in [-0.05, 0) is 56.0 Å². The summed E-state index contributed by atoms with van der Waals surface area (Å²) in [5.74, 6) is 1.73. The SMILES string of the molecule is CC(C)CNCC1CC2(CCOCC2)C1. The first-order valence-corrected chi connectivity index (χ1v) is 6.49. The molecule has 0 unspecified atom stereocenters. The zero-order valence-corrected chi connectivity index (χ0v) is 10.2. The Kier molecular flexibility index (Phi) is 3.68. The second-order valence-electron chi connectivity index (χ2n) is 5.94. The third-order valence-corrected chi connectivity index (χ3v) is 3.98. The molecule has 1 saturated carbocycles. The lowest BCUT2D eigenvalue weighted by Crippen LogP contribution is -2.45. The highest BCUT2D eigenvalue weighted by Crippen LogP contribution is 2.51. The van der Waals surface area contributed by atoms with Crippen molar-refractivity contribution < 1.29 is 4.74 Å². The van der Waals surface area contributed by atoms with Crippen LogP contribution in [0.3, 0.4) is 0 Å². The molecule has 15 heavy (non-hydrogen) atoms. The van der Waals surface area contributed by atoms with Gasteiger partial charge in [0.1, 0.15) is 0 Å². The summed E-state index contributed by atoms with van der Waals surface area (Å²) in [4.78, 5) is 0. The van der Waals surface area contributed by atoms with Gasteiger partial charge in [-0.2, -0.15) is 0 Å². The first-order chi connectivity index (χ1) is 7.20. The first-order valence-electron chi connectivity index (χ1n) is 6.49. The van der Waals surface area contributed by atoms with E-state index in [0.717, 1.165) is 25.0 Å². The zero-order valence-electron chi connectivity index (χ0n) is 10.2. The number of rotatable bonds is 4. The van der Waals surface area contributed by atoms with Crippen LogP contribution in [-0.2, 0) is 4.74 Å². The van der Waals surface area contributed by atoms with Crippen molar-refractivity contribution in [2.24, 2.45) is 17.3 Å². The van der Waals surface area contributed by atoms with Gasteiger partial charge in [-0.15, -0.1) is 0 Å². The fourth-order valence-corrected chi connectivity index (χ4v) is 3.10. The third kappa shape index (κ3) is 2.94. The predicted octanol–water partition coefficient (Wildman–Crippen LogP) is 2.44. The molecule has 0 bridgehead atoms. The lowest BCUT2D eigenvalue weighted by Gasteiger charge is -2.50. The molecule has 2 aliphatic rings. The van der Waals surface area contributed by atoms with Crippen molar-refractivity contribution >= 4 is 0 Å². The van der Waals surface area contributed by atoms with Crippen LogP contribution in [0.1, 0.15) is 39.5 Å². The molecule has 1 saturated heterocycles. The van der Waals surface area contributed by atoms with E-state index in [-0.39, 0.29) is 0 Å². The fraction of sp³-hybridized carbons (Fsp3) is 1.00. The number of nitrogens with one attached hydrogen (secondary N) is 1.